The Morgan fingerprint density at radius 3 is 3.06 bits per heavy atom. The van der Waals surface area contributed by atoms with Crippen LogP contribution in [0.1, 0.15) is 24.1 Å². The van der Waals surface area contributed by atoms with Crippen molar-refractivity contribution in [1.29, 1.82) is 0 Å². The van der Waals surface area contributed by atoms with Crippen molar-refractivity contribution >= 4 is 17.8 Å². The Morgan fingerprint density at radius 1 is 1.56 bits per heavy atom. The number of nitrogens with zero attached hydrogens (tertiary/aromatic N) is 2. The molecule has 1 unspecified atom stereocenters. The summed E-state index contributed by atoms with van der Waals surface area (Å²) in [5.74, 6) is 0. The molecule has 0 aliphatic rings. The number of halogens is 1. The maximum atomic E-state index is 5.98. The first kappa shape index (κ1) is 12.9. The van der Waals surface area contributed by atoms with Gasteiger partial charge in [0, 0.05) is 35.6 Å². The lowest BCUT2D eigenvalue weighted by Gasteiger charge is -2.13. The Kier molecular flexibility index (Phi) is 4.18. The highest BCUT2D eigenvalue weighted by Gasteiger charge is 2.05. The van der Waals surface area contributed by atoms with Gasteiger partial charge in [-0.05, 0) is 24.6 Å². The number of hydrogen-bond donors (Lipinski definition) is 1. The van der Waals surface area contributed by atoms with Crippen molar-refractivity contribution in [2.45, 2.75) is 19.5 Å². The second-order valence-corrected chi connectivity index (χ2v) is 4.61. The molecule has 1 atom stereocenters. The first-order valence-corrected chi connectivity index (χ1v) is 6.21. The average Bonchev–Trinajstić information content (AvgIpc) is 2.84. The van der Waals surface area contributed by atoms with Gasteiger partial charge in [-0.1, -0.05) is 30.3 Å². The molecule has 18 heavy (non-hydrogen) atoms. The predicted octanol–water partition coefficient (Wildman–Crippen LogP) is 3.49. The van der Waals surface area contributed by atoms with Crippen LogP contribution in [0, 0.1) is 0 Å². The van der Waals surface area contributed by atoms with Gasteiger partial charge < -0.3 is 5.32 Å². The number of benzene rings is 1. The molecule has 2 aromatic rings. The Balaban J connectivity index is 1.95. The Bertz CT molecular complexity index is 533. The van der Waals surface area contributed by atoms with Gasteiger partial charge in [0.2, 0.25) is 0 Å². The van der Waals surface area contributed by atoms with E-state index in [-0.39, 0.29) is 6.04 Å². The zero-order chi connectivity index (χ0) is 13.0. The SMILES string of the molecule is C=Cn1cc(CNC(C)c2cccc(Cl)c2)cn1. The normalized spacial score (nSPS) is 12.3. The molecule has 2 rings (SSSR count). The van der Waals surface area contributed by atoms with E-state index in [1.807, 2.05) is 30.6 Å². The van der Waals surface area contributed by atoms with E-state index in [0.717, 1.165) is 17.1 Å². The summed E-state index contributed by atoms with van der Waals surface area (Å²) in [6, 6.07) is 8.14. The first-order chi connectivity index (χ1) is 8.69. The minimum absolute atomic E-state index is 0.246. The van der Waals surface area contributed by atoms with Crippen molar-refractivity contribution in [2.24, 2.45) is 0 Å². The largest absolute Gasteiger partial charge is 0.306 e. The van der Waals surface area contributed by atoms with E-state index in [4.69, 9.17) is 11.6 Å². The molecule has 4 heteroatoms. The fraction of sp³-hybridized carbons (Fsp3) is 0.214. The van der Waals surface area contributed by atoms with Crippen molar-refractivity contribution in [2.75, 3.05) is 0 Å². The van der Waals surface area contributed by atoms with Crippen LogP contribution >= 0.6 is 11.6 Å². The number of aromatic nitrogens is 2. The standard InChI is InChI=1S/C14H16ClN3/c1-3-18-10-12(9-17-18)8-16-11(2)13-5-4-6-14(15)7-13/h3-7,9-11,16H,1,8H2,2H3. The molecular formula is C14H16ClN3. The van der Waals surface area contributed by atoms with Gasteiger partial charge in [-0.3, -0.25) is 0 Å². The molecule has 0 spiro atoms. The second-order valence-electron chi connectivity index (χ2n) is 4.17. The van der Waals surface area contributed by atoms with E-state index in [1.165, 1.54) is 5.56 Å². The summed E-state index contributed by atoms with van der Waals surface area (Å²) < 4.78 is 1.70. The number of hydrogen-bond acceptors (Lipinski definition) is 2. The third-order valence-electron chi connectivity index (χ3n) is 2.80. The van der Waals surface area contributed by atoms with Crippen LogP contribution in [0.25, 0.3) is 6.20 Å². The lowest BCUT2D eigenvalue weighted by molar-refractivity contribution is 0.575. The van der Waals surface area contributed by atoms with E-state index in [0.29, 0.717) is 0 Å². The lowest BCUT2D eigenvalue weighted by atomic mass is 10.1. The Hall–Kier alpha value is -1.58. The molecule has 1 aromatic carbocycles. The van der Waals surface area contributed by atoms with Crippen molar-refractivity contribution in [3.05, 3.63) is 59.4 Å². The molecule has 3 nitrogen and oxygen atoms in total. The van der Waals surface area contributed by atoms with Crippen molar-refractivity contribution in [3.8, 4) is 0 Å². The smallest absolute Gasteiger partial charge is 0.0538 e. The van der Waals surface area contributed by atoms with Gasteiger partial charge in [0.05, 0.1) is 6.20 Å². The maximum Gasteiger partial charge on any atom is 0.0538 e. The molecule has 94 valence electrons. The molecule has 0 aliphatic heterocycles. The topological polar surface area (TPSA) is 29.9 Å². The summed E-state index contributed by atoms with van der Waals surface area (Å²) in [5.41, 5.74) is 2.31. The lowest BCUT2D eigenvalue weighted by Crippen LogP contribution is -2.17. The van der Waals surface area contributed by atoms with Crippen LogP contribution in [-0.4, -0.2) is 9.78 Å². The molecule has 0 radical (unpaired) electrons. The van der Waals surface area contributed by atoms with Crippen molar-refractivity contribution in [3.63, 3.8) is 0 Å². The summed E-state index contributed by atoms with van der Waals surface area (Å²) in [4.78, 5) is 0. The second kappa shape index (κ2) is 5.85. The summed E-state index contributed by atoms with van der Waals surface area (Å²) >= 11 is 5.98. The monoisotopic (exact) mass is 261 g/mol. The molecule has 0 saturated carbocycles. The Morgan fingerprint density at radius 2 is 2.39 bits per heavy atom. The molecule has 0 saturated heterocycles. The van der Waals surface area contributed by atoms with E-state index < -0.39 is 0 Å². The van der Waals surface area contributed by atoms with Crippen molar-refractivity contribution < 1.29 is 0 Å². The minimum atomic E-state index is 0.246. The highest BCUT2D eigenvalue weighted by Crippen LogP contribution is 2.17. The third kappa shape index (κ3) is 3.22. The van der Waals surface area contributed by atoms with Gasteiger partial charge in [-0.15, -0.1) is 0 Å². The fourth-order valence-corrected chi connectivity index (χ4v) is 1.93. The van der Waals surface area contributed by atoms with Gasteiger partial charge in [0.25, 0.3) is 0 Å². The highest BCUT2D eigenvalue weighted by molar-refractivity contribution is 6.30. The van der Waals surface area contributed by atoms with Crippen LogP contribution in [0.4, 0.5) is 0 Å². The fourth-order valence-electron chi connectivity index (χ4n) is 1.73. The van der Waals surface area contributed by atoms with Gasteiger partial charge in [-0.25, -0.2) is 4.68 Å². The molecule has 0 amide bonds. The average molecular weight is 262 g/mol. The number of rotatable bonds is 5. The van der Waals surface area contributed by atoms with Crippen LogP contribution in [0.3, 0.4) is 0 Å². The van der Waals surface area contributed by atoms with E-state index >= 15 is 0 Å². The van der Waals surface area contributed by atoms with Gasteiger partial charge >= 0.3 is 0 Å². The molecular weight excluding hydrogens is 246 g/mol. The number of nitrogens with one attached hydrogen (secondary N) is 1. The first-order valence-electron chi connectivity index (χ1n) is 5.83. The Labute approximate surface area is 112 Å². The summed E-state index contributed by atoms with van der Waals surface area (Å²) in [5, 5.41) is 8.34. The van der Waals surface area contributed by atoms with Crippen molar-refractivity contribution in [1.82, 2.24) is 15.1 Å². The maximum absolute atomic E-state index is 5.98. The molecule has 0 bridgehead atoms. The summed E-state index contributed by atoms with van der Waals surface area (Å²) in [7, 11) is 0. The molecule has 1 N–H and O–H groups in total. The molecule has 1 heterocycles. The van der Waals surface area contributed by atoms with Crippen LogP contribution in [-0.2, 0) is 6.54 Å². The van der Waals surface area contributed by atoms with Gasteiger partial charge in [-0.2, -0.15) is 5.10 Å². The molecule has 0 fully saturated rings. The van der Waals surface area contributed by atoms with Crippen LogP contribution in [0.2, 0.25) is 5.02 Å². The third-order valence-corrected chi connectivity index (χ3v) is 3.04. The quantitative estimate of drug-likeness (QED) is 0.893. The minimum Gasteiger partial charge on any atom is -0.306 e. The van der Waals surface area contributed by atoms with E-state index in [2.05, 4.69) is 30.0 Å². The summed E-state index contributed by atoms with van der Waals surface area (Å²) in [6.45, 7) is 6.54. The van der Waals surface area contributed by atoms with E-state index in [1.54, 1.807) is 10.9 Å². The van der Waals surface area contributed by atoms with Crippen LogP contribution in [0.15, 0.2) is 43.2 Å². The van der Waals surface area contributed by atoms with Gasteiger partial charge in [0.1, 0.15) is 0 Å². The van der Waals surface area contributed by atoms with E-state index in [9.17, 15) is 0 Å². The van der Waals surface area contributed by atoms with Crippen LogP contribution < -0.4 is 5.32 Å². The zero-order valence-electron chi connectivity index (χ0n) is 10.3. The van der Waals surface area contributed by atoms with Gasteiger partial charge in [0.15, 0.2) is 0 Å². The predicted molar refractivity (Wildman–Crippen MR) is 75.3 cm³/mol. The summed E-state index contributed by atoms with van der Waals surface area (Å²) in [6.07, 6.45) is 5.45. The molecule has 0 aliphatic carbocycles. The zero-order valence-corrected chi connectivity index (χ0v) is 11.1. The molecule has 1 aromatic heterocycles. The highest BCUT2D eigenvalue weighted by atomic mass is 35.5. The van der Waals surface area contributed by atoms with Crippen LogP contribution in [0.5, 0.6) is 0 Å².